The maximum absolute atomic E-state index is 13.3. The molecule has 0 radical (unpaired) electrons. The number of benzene rings is 1. The summed E-state index contributed by atoms with van der Waals surface area (Å²) in [4.78, 5) is 0.0813. The molecule has 0 bridgehead atoms. The van der Waals surface area contributed by atoms with Gasteiger partial charge in [-0.15, -0.1) is 0 Å². The smallest absolute Gasteiger partial charge is 0.243 e. The molecule has 3 N–H and O–H groups in total. The Hall–Kier alpha value is -1.67. The van der Waals surface area contributed by atoms with Crippen LogP contribution in [0.2, 0.25) is 0 Å². The summed E-state index contributed by atoms with van der Waals surface area (Å²) in [6.45, 7) is 4.74. The highest BCUT2D eigenvalue weighted by Gasteiger charge is 2.29. The van der Waals surface area contributed by atoms with Crippen LogP contribution in [0.25, 0.3) is 0 Å². The lowest BCUT2D eigenvalue weighted by atomic mass is 10.1. The van der Waals surface area contributed by atoms with Crippen molar-refractivity contribution in [1.29, 1.82) is 0 Å². The van der Waals surface area contributed by atoms with E-state index in [0.29, 0.717) is 11.1 Å². The molecule has 0 fully saturated rings. The molecule has 8 heteroatoms. The quantitative estimate of drug-likeness (QED) is 0.373. The molecule has 0 aliphatic heterocycles. The maximum atomic E-state index is 13.3. The number of rotatable bonds is 5. The van der Waals surface area contributed by atoms with Crippen molar-refractivity contribution in [2.45, 2.75) is 38.1 Å². The number of amidine groups is 1. The molecule has 0 aliphatic rings. The van der Waals surface area contributed by atoms with Crippen LogP contribution in [0.1, 0.15) is 24.5 Å². The van der Waals surface area contributed by atoms with Gasteiger partial charge in [-0.05, 0) is 44.0 Å². The Morgan fingerprint density at radius 2 is 1.90 bits per heavy atom. The summed E-state index contributed by atoms with van der Waals surface area (Å²) in [5.41, 5.74) is 6.09. The maximum Gasteiger partial charge on any atom is 0.243 e. The van der Waals surface area contributed by atoms with Crippen LogP contribution in [0.4, 0.5) is 4.39 Å². The minimum absolute atomic E-state index is 0.0582. The minimum Gasteiger partial charge on any atom is -0.409 e. The van der Waals surface area contributed by atoms with Crippen molar-refractivity contribution < 1.29 is 18.0 Å². The van der Waals surface area contributed by atoms with Gasteiger partial charge in [-0.25, -0.2) is 12.8 Å². The topological polar surface area (TPSA) is 96.0 Å². The number of halogens is 1. The number of hydrogen-bond donors (Lipinski definition) is 2. The SMILES string of the molecule is Cc1cc(F)cc(C)c1S(=O)(=O)N(C)C(C)CC(N)=NO. The normalized spacial score (nSPS) is 14.5. The van der Waals surface area contributed by atoms with Gasteiger partial charge in [0, 0.05) is 19.5 Å². The lowest BCUT2D eigenvalue weighted by Crippen LogP contribution is -2.38. The molecule has 1 aromatic rings. The molecule has 0 spiro atoms. The minimum atomic E-state index is -3.80. The van der Waals surface area contributed by atoms with Crippen molar-refractivity contribution >= 4 is 15.9 Å². The molecule has 0 amide bonds. The Bertz CT molecular complexity index is 636. The first-order chi connectivity index (χ1) is 9.61. The molecule has 6 nitrogen and oxygen atoms in total. The van der Waals surface area contributed by atoms with Gasteiger partial charge < -0.3 is 10.9 Å². The standard InChI is InChI=1S/C13H20FN3O3S/c1-8-5-11(14)6-9(2)13(8)21(19,20)17(4)10(3)7-12(15)16-18/h5-6,10,18H,7H2,1-4H3,(H2,15,16). The fourth-order valence-corrected chi connectivity index (χ4v) is 3.93. The van der Waals surface area contributed by atoms with Crippen molar-refractivity contribution in [3.05, 3.63) is 29.1 Å². The highest BCUT2D eigenvalue weighted by Crippen LogP contribution is 2.25. The Kier molecular flexibility index (Phi) is 5.30. The second kappa shape index (κ2) is 6.40. The van der Waals surface area contributed by atoms with Gasteiger partial charge in [0.15, 0.2) is 0 Å². The van der Waals surface area contributed by atoms with Gasteiger partial charge in [-0.1, -0.05) is 5.16 Å². The zero-order valence-electron chi connectivity index (χ0n) is 12.5. The van der Waals surface area contributed by atoms with Crippen LogP contribution in [0.15, 0.2) is 22.2 Å². The zero-order chi connectivity index (χ0) is 16.4. The van der Waals surface area contributed by atoms with Gasteiger partial charge in [0.1, 0.15) is 11.7 Å². The lowest BCUT2D eigenvalue weighted by Gasteiger charge is -2.25. The molecule has 0 saturated carbocycles. The van der Waals surface area contributed by atoms with Crippen LogP contribution in [0, 0.1) is 19.7 Å². The van der Waals surface area contributed by atoms with E-state index in [-0.39, 0.29) is 17.2 Å². The zero-order valence-corrected chi connectivity index (χ0v) is 13.3. The number of sulfonamides is 1. The molecule has 118 valence electrons. The van der Waals surface area contributed by atoms with Crippen LogP contribution in [0.5, 0.6) is 0 Å². The number of aryl methyl sites for hydroxylation is 2. The molecule has 0 heterocycles. The molecule has 0 aliphatic carbocycles. The molecule has 21 heavy (non-hydrogen) atoms. The van der Waals surface area contributed by atoms with Crippen molar-refractivity contribution in [2.24, 2.45) is 10.9 Å². The second-order valence-corrected chi connectivity index (χ2v) is 6.97. The lowest BCUT2D eigenvalue weighted by molar-refractivity contribution is 0.313. The van der Waals surface area contributed by atoms with Gasteiger partial charge in [0.05, 0.1) is 4.90 Å². The van der Waals surface area contributed by atoms with Gasteiger partial charge in [0.25, 0.3) is 0 Å². The van der Waals surface area contributed by atoms with Crippen LogP contribution >= 0.6 is 0 Å². The predicted molar refractivity (Wildman–Crippen MR) is 78.3 cm³/mol. The van der Waals surface area contributed by atoms with E-state index in [2.05, 4.69) is 5.16 Å². The molecule has 1 rings (SSSR count). The van der Waals surface area contributed by atoms with Gasteiger partial charge in [-0.2, -0.15) is 4.31 Å². The van der Waals surface area contributed by atoms with Gasteiger partial charge >= 0.3 is 0 Å². The summed E-state index contributed by atoms with van der Waals surface area (Å²) in [6, 6.07) is 1.86. The highest BCUT2D eigenvalue weighted by molar-refractivity contribution is 7.89. The molecule has 0 saturated heterocycles. The Labute approximate surface area is 124 Å². The van der Waals surface area contributed by atoms with Crippen molar-refractivity contribution in [2.75, 3.05) is 7.05 Å². The molecule has 0 aromatic heterocycles. The van der Waals surface area contributed by atoms with Crippen LogP contribution in [0.3, 0.4) is 0 Å². The number of hydrogen-bond acceptors (Lipinski definition) is 4. The highest BCUT2D eigenvalue weighted by atomic mass is 32.2. The molecule has 1 aromatic carbocycles. The third kappa shape index (κ3) is 3.70. The Morgan fingerprint density at radius 3 is 2.33 bits per heavy atom. The van der Waals surface area contributed by atoms with E-state index in [0.717, 1.165) is 4.31 Å². The molecule has 1 atom stereocenters. The summed E-state index contributed by atoms with van der Waals surface area (Å²) in [6.07, 6.45) is 0.0888. The van der Waals surface area contributed by atoms with Crippen molar-refractivity contribution in [1.82, 2.24) is 4.31 Å². The first kappa shape index (κ1) is 17.4. The third-order valence-electron chi connectivity index (χ3n) is 3.32. The van der Waals surface area contributed by atoms with Crippen LogP contribution in [-0.4, -0.2) is 36.9 Å². The first-order valence-corrected chi connectivity index (χ1v) is 7.76. The van der Waals surface area contributed by atoms with E-state index in [1.165, 1.54) is 19.2 Å². The monoisotopic (exact) mass is 317 g/mol. The molecular formula is C13H20FN3O3S. The van der Waals surface area contributed by atoms with Crippen LogP contribution < -0.4 is 5.73 Å². The average molecular weight is 317 g/mol. The van der Waals surface area contributed by atoms with Crippen molar-refractivity contribution in [3.63, 3.8) is 0 Å². The summed E-state index contributed by atoms with van der Waals surface area (Å²) in [5, 5.41) is 11.4. The van der Waals surface area contributed by atoms with E-state index in [1.54, 1.807) is 20.8 Å². The fraction of sp³-hybridized carbons (Fsp3) is 0.462. The first-order valence-electron chi connectivity index (χ1n) is 6.32. The molecular weight excluding hydrogens is 297 g/mol. The number of nitrogens with two attached hydrogens (primary N) is 1. The summed E-state index contributed by atoms with van der Waals surface area (Å²) < 4.78 is 39.8. The molecule has 1 unspecified atom stereocenters. The van der Waals surface area contributed by atoms with Crippen LogP contribution in [-0.2, 0) is 10.0 Å². The summed E-state index contributed by atoms with van der Waals surface area (Å²) in [5.74, 6) is -0.534. The largest absolute Gasteiger partial charge is 0.409 e. The van der Waals surface area contributed by atoms with E-state index in [4.69, 9.17) is 10.9 Å². The van der Waals surface area contributed by atoms with E-state index in [9.17, 15) is 12.8 Å². The average Bonchev–Trinajstić information content (AvgIpc) is 2.35. The summed E-state index contributed by atoms with van der Waals surface area (Å²) >= 11 is 0. The predicted octanol–water partition coefficient (Wildman–Crippen LogP) is 1.59. The third-order valence-corrected chi connectivity index (χ3v) is 5.59. The van der Waals surface area contributed by atoms with E-state index >= 15 is 0 Å². The van der Waals surface area contributed by atoms with Gasteiger partial charge in [-0.3, -0.25) is 0 Å². The van der Waals surface area contributed by atoms with E-state index in [1.807, 2.05) is 0 Å². The fourth-order valence-electron chi connectivity index (χ4n) is 2.16. The van der Waals surface area contributed by atoms with E-state index < -0.39 is 21.9 Å². The van der Waals surface area contributed by atoms with Crippen molar-refractivity contribution in [3.8, 4) is 0 Å². The number of oxime groups is 1. The Morgan fingerprint density at radius 1 is 1.43 bits per heavy atom. The second-order valence-electron chi connectivity index (χ2n) is 5.03. The van der Waals surface area contributed by atoms with Gasteiger partial charge in [0.2, 0.25) is 10.0 Å². The summed E-state index contributed by atoms with van der Waals surface area (Å²) in [7, 11) is -2.39. The number of nitrogens with zero attached hydrogens (tertiary/aromatic N) is 2. The Balaban J connectivity index is 3.23.